The van der Waals surface area contributed by atoms with Crippen LogP contribution in [0.4, 0.5) is 0 Å². The molecule has 1 N–H and O–H groups in total. The van der Waals surface area contributed by atoms with Crippen molar-refractivity contribution in [1.29, 1.82) is 0 Å². The van der Waals surface area contributed by atoms with Crippen LogP contribution in [0.25, 0.3) is 0 Å². The van der Waals surface area contributed by atoms with Gasteiger partial charge in [0, 0.05) is 11.6 Å². The first-order chi connectivity index (χ1) is 10.7. The van der Waals surface area contributed by atoms with Gasteiger partial charge in [-0.05, 0) is 36.2 Å². The number of carbonyl (C=O) groups is 1. The molecular formula is C17H16ClNO3. The van der Waals surface area contributed by atoms with Crippen molar-refractivity contribution in [1.82, 2.24) is 5.32 Å². The fourth-order valence-electron chi connectivity index (χ4n) is 2.29. The summed E-state index contributed by atoms with van der Waals surface area (Å²) in [4.78, 5) is 12.1. The molecule has 0 aromatic heterocycles. The molecule has 0 bridgehead atoms. The van der Waals surface area contributed by atoms with E-state index in [1.165, 1.54) is 0 Å². The van der Waals surface area contributed by atoms with Gasteiger partial charge >= 0.3 is 0 Å². The zero-order chi connectivity index (χ0) is 15.4. The number of ether oxygens (including phenoxy) is 2. The molecule has 0 unspecified atom stereocenters. The van der Waals surface area contributed by atoms with Gasteiger partial charge in [-0.1, -0.05) is 35.9 Å². The molecular weight excluding hydrogens is 302 g/mol. The van der Waals surface area contributed by atoms with E-state index in [0.717, 1.165) is 12.0 Å². The summed E-state index contributed by atoms with van der Waals surface area (Å²) >= 11 is 5.93. The second-order valence-corrected chi connectivity index (χ2v) is 5.47. The maximum absolute atomic E-state index is 12.1. The summed E-state index contributed by atoms with van der Waals surface area (Å²) in [6.45, 7) is 0.751. The molecule has 0 spiro atoms. The number of halogens is 1. The van der Waals surface area contributed by atoms with Crippen LogP contribution in [0.1, 0.15) is 5.56 Å². The van der Waals surface area contributed by atoms with Crippen molar-refractivity contribution in [3.05, 3.63) is 59.1 Å². The lowest BCUT2D eigenvalue weighted by Crippen LogP contribution is -2.44. The molecule has 0 saturated carbocycles. The third kappa shape index (κ3) is 3.52. The number of hydrogen-bond donors (Lipinski definition) is 1. The van der Waals surface area contributed by atoms with E-state index in [0.29, 0.717) is 23.1 Å². The van der Waals surface area contributed by atoms with Crippen LogP contribution in [0.2, 0.25) is 5.02 Å². The van der Waals surface area contributed by atoms with E-state index >= 15 is 0 Å². The summed E-state index contributed by atoms with van der Waals surface area (Å²) < 4.78 is 11.2. The maximum atomic E-state index is 12.1. The van der Waals surface area contributed by atoms with E-state index in [1.807, 2.05) is 42.5 Å². The molecule has 3 rings (SSSR count). The number of amides is 1. The monoisotopic (exact) mass is 317 g/mol. The molecule has 1 amide bonds. The van der Waals surface area contributed by atoms with Crippen molar-refractivity contribution in [2.75, 3.05) is 13.2 Å². The Labute approximate surface area is 134 Å². The Morgan fingerprint density at radius 3 is 2.82 bits per heavy atom. The first kappa shape index (κ1) is 14.7. The van der Waals surface area contributed by atoms with Crippen molar-refractivity contribution in [2.45, 2.75) is 12.5 Å². The van der Waals surface area contributed by atoms with Crippen LogP contribution in [0.15, 0.2) is 48.5 Å². The second-order valence-electron chi connectivity index (χ2n) is 5.04. The number of para-hydroxylation sites is 2. The van der Waals surface area contributed by atoms with Gasteiger partial charge in [-0.15, -0.1) is 0 Å². The predicted molar refractivity (Wildman–Crippen MR) is 84.5 cm³/mol. The molecule has 1 aliphatic heterocycles. The Hall–Kier alpha value is -2.20. The van der Waals surface area contributed by atoms with Gasteiger partial charge in [-0.2, -0.15) is 0 Å². The van der Waals surface area contributed by atoms with Gasteiger partial charge in [-0.3, -0.25) is 4.79 Å². The zero-order valence-corrected chi connectivity index (χ0v) is 12.7. The minimum Gasteiger partial charge on any atom is -0.485 e. The molecule has 0 aliphatic carbocycles. The molecule has 0 fully saturated rings. The van der Waals surface area contributed by atoms with E-state index in [9.17, 15) is 4.79 Å². The van der Waals surface area contributed by atoms with Gasteiger partial charge < -0.3 is 14.8 Å². The van der Waals surface area contributed by atoms with E-state index in [1.54, 1.807) is 6.07 Å². The lowest BCUT2D eigenvalue weighted by molar-refractivity contribution is -0.130. The maximum Gasteiger partial charge on any atom is 0.264 e. The van der Waals surface area contributed by atoms with Gasteiger partial charge in [0.05, 0.1) is 0 Å². The fraction of sp³-hybridized carbons (Fsp3) is 0.235. The van der Waals surface area contributed by atoms with Crippen molar-refractivity contribution in [2.24, 2.45) is 0 Å². The predicted octanol–water partition coefficient (Wildman–Crippen LogP) is 2.84. The summed E-state index contributed by atoms with van der Waals surface area (Å²) in [6.07, 6.45) is 0.102. The summed E-state index contributed by atoms with van der Waals surface area (Å²) in [5.74, 6) is 1.10. The topological polar surface area (TPSA) is 47.6 Å². The minimum atomic E-state index is -0.616. The van der Waals surface area contributed by atoms with Crippen LogP contribution in [-0.4, -0.2) is 25.2 Å². The summed E-state index contributed by atoms with van der Waals surface area (Å²) in [5, 5.41) is 3.56. The van der Waals surface area contributed by atoms with E-state index in [4.69, 9.17) is 21.1 Å². The van der Waals surface area contributed by atoms with Gasteiger partial charge in [0.1, 0.15) is 6.61 Å². The SMILES string of the molecule is O=C(NCCc1cccc(Cl)c1)[C@@H]1COc2ccccc2O1. The van der Waals surface area contributed by atoms with Crippen molar-refractivity contribution in [3.63, 3.8) is 0 Å². The third-order valence-electron chi connectivity index (χ3n) is 3.40. The molecule has 1 heterocycles. The van der Waals surface area contributed by atoms with Crippen LogP contribution in [0, 0.1) is 0 Å². The quantitative estimate of drug-likeness (QED) is 0.943. The van der Waals surface area contributed by atoms with E-state index < -0.39 is 6.10 Å². The Balaban J connectivity index is 1.51. The lowest BCUT2D eigenvalue weighted by Gasteiger charge is -2.25. The number of carbonyl (C=O) groups excluding carboxylic acids is 1. The molecule has 4 nitrogen and oxygen atoms in total. The molecule has 0 radical (unpaired) electrons. The van der Waals surface area contributed by atoms with Gasteiger partial charge in [0.15, 0.2) is 11.5 Å². The van der Waals surface area contributed by atoms with Crippen molar-refractivity contribution in [3.8, 4) is 11.5 Å². The highest BCUT2D eigenvalue weighted by Gasteiger charge is 2.26. The average molecular weight is 318 g/mol. The molecule has 2 aromatic rings. The van der Waals surface area contributed by atoms with Crippen LogP contribution >= 0.6 is 11.6 Å². The van der Waals surface area contributed by atoms with Crippen molar-refractivity contribution < 1.29 is 14.3 Å². The highest BCUT2D eigenvalue weighted by Crippen LogP contribution is 2.30. The minimum absolute atomic E-state index is 0.170. The van der Waals surface area contributed by atoms with Gasteiger partial charge in [-0.25, -0.2) is 0 Å². The molecule has 1 atom stereocenters. The Morgan fingerprint density at radius 1 is 1.18 bits per heavy atom. The number of hydrogen-bond acceptors (Lipinski definition) is 3. The van der Waals surface area contributed by atoms with Crippen LogP contribution in [0.5, 0.6) is 11.5 Å². The van der Waals surface area contributed by atoms with E-state index in [2.05, 4.69) is 5.32 Å². The third-order valence-corrected chi connectivity index (χ3v) is 3.64. The highest BCUT2D eigenvalue weighted by atomic mass is 35.5. The summed E-state index contributed by atoms with van der Waals surface area (Å²) in [7, 11) is 0. The summed E-state index contributed by atoms with van der Waals surface area (Å²) in [6, 6.07) is 14.9. The Kier molecular flexibility index (Phi) is 4.49. The Bertz CT molecular complexity index is 674. The molecule has 1 aliphatic rings. The zero-order valence-electron chi connectivity index (χ0n) is 11.9. The normalized spacial score (nSPS) is 16.1. The summed E-state index contributed by atoms with van der Waals surface area (Å²) in [5.41, 5.74) is 1.08. The van der Waals surface area contributed by atoms with Gasteiger partial charge in [0.2, 0.25) is 6.10 Å². The largest absolute Gasteiger partial charge is 0.485 e. The number of fused-ring (bicyclic) bond motifs is 1. The number of nitrogens with one attached hydrogen (secondary N) is 1. The Morgan fingerprint density at radius 2 is 2.00 bits per heavy atom. The second kappa shape index (κ2) is 6.71. The lowest BCUT2D eigenvalue weighted by atomic mass is 10.1. The molecule has 0 saturated heterocycles. The van der Waals surface area contributed by atoms with Crippen LogP contribution in [-0.2, 0) is 11.2 Å². The fourth-order valence-corrected chi connectivity index (χ4v) is 2.50. The molecule has 114 valence electrons. The number of benzene rings is 2. The van der Waals surface area contributed by atoms with E-state index in [-0.39, 0.29) is 12.5 Å². The first-order valence-electron chi connectivity index (χ1n) is 7.13. The highest BCUT2D eigenvalue weighted by molar-refractivity contribution is 6.30. The number of rotatable bonds is 4. The smallest absolute Gasteiger partial charge is 0.264 e. The standard InChI is InChI=1S/C17H16ClNO3/c18-13-5-3-4-12(10-13)8-9-19-17(20)16-11-21-14-6-1-2-7-15(14)22-16/h1-7,10,16H,8-9,11H2,(H,19,20)/t16-/m0/s1. The van der Waals surface area contributed by atoms with Crippen LogP contribution in [0.3, 0.4) is 0 Å². The van der Waals surface area contributed by atoms with Gasteiger partial charge in [0.25, 0.3) is 5.91 Å². The van der Waals surface area contributed by atoms with Crippen molar-refractivity contribution >= 4 is 17.5 Å². The van der Waals surface area contributed by atoms with Crippen LogP contribution < -0.4 is 14.8 Å². The molecule has 2 aromatic carbocycles. The molecule has 5 heteroatoms. The first-order valence-corrected chi connectivity index (χ1v) is 7.51. The average Bonchev–Trinajstić information content (AvgIpc) is 2.54. The molecule has 22 heavy (non-hydrogen) atoms.